The third-order valence-corrected chi connectivity index (χ3v) is 6.28. The molecule has 0 atom stereocenters. The van der Waals surface area contributed by atoms with Gasteiger partial charge in [-0.1, -0.05) is 0 Å². The van der Waals surface area contributed by atoms with Crippen LogP contribution in [0.25, 0.3) is 0 Å². The van der Waals surface area contributed by atoms with Gasteiger partial charge in [0.05, 0.1) is 12.3 Å². The summed E-state index contributed by atoms with van der Waals surface area (Å²) in [7, 11) is -2.38. The Kier molecular flexibility index (Phi) is 6.07. The van der Waals surface area contributed by atoms with Crippen LogP contribution in [0, 0.1) is 0 Å². The summed E-state index contributed by atoms with van der Waals surface area (Å²) >= 11 is 1.11. The Labute approximate surface area is 152 Å². The Bertz CT molecular complexity index is 827. The van der Waals surface area contributed by atoms with Gasteiger partial charge >= 0.3 is 0 Å². The fraction of sp³-hybridized carbons (Fsp3) is 0.353. The molecule has 0 fully saturated rings. The summed E-state index contributed by atoms with van der Waals surface area (Å²) in [6.45, 7) is 6.07. The number of nitrogens with zero attached hydrogens (tertiary/aromatic N) is 1. The summed E-state index contributed by atoms with van der Waals surface area (Å²) in [6, 6.07) is 8.15. The molecule has 0 saturated carbocycles. The van der Waals surface area contributed by atoms with E-state index in [1.54, 1.807) is 29.6 Å². The van der Waals surface area contributed by atoms with E-state index < -0.39 is 10.0 Å². The van der Waals surface area contributed by atoms with Gasteiger partial charge in [0.15, 0.2) is 0 Å². The first-order chi connectivity index (χ1) is 11.8. The van der Waals surface area contributed by atoms with Crippen molar-refractivity contribution in [3.63, 3.8) is 0 Å². The number of carbonyl (C=O) groups excluding carboxylic acids is 1. The maximum Gasteiger partial charge on any atom is 0.265 e. The smallest absolute Gasteiger partial charge is 0.265 e. The van der Waals surface area contributed by atoms with E-state index >= 15 is 0 Å². The van der Waals surface area contributed by atoms with Crippen LogP contribution in [0.2, 0.25) is 0 Å². The van der Waals surface area contributed by atoms with Gasteiger partial charge in [0.2, 0.25) is 0 Å². The van der Waals surface area contributed by atoms with Gasteiger partial charge in [0.1, 0.15) is 15.5 Å². The van der Waals surface area contributed by atoms with Crippen LogP contribution in [0.15, 0.2) is 40.6 Å². The number of carbonyl (C=O) groups is 1. The van der Waals surface area contributed by atoms with E-state index in [4.69, 9.17) is 4.74 Å². The zero-order valence-electron chi connectivity index (χ0n) is 14.6. The highest BCUT2D eigenvalue weighted by atomic mass is 32.2. The number of thiophene rings is 1. The molecule has 0 spiro atoms. The predicted molar refractivity (Wildman–Crippen MR) is 100 cm³/mol. The minimum Gasteiger partial charge on any atom is -0.494 e. The van der Waals surface area contributed by atoms with Crippen LogP contribution in [0.1, 0.15) is 30.4 Å². The molecule has 6 nitrogen and oxygen atoms in total. The molecule has 2 rings (SSSR count). The lowest BCUT2D eigenvalue weighted by Crippen LogP contribution is -2.32. The molecular formula is C17H22N2O4S2. The molecule has 2 aromatic rings. The molecular weight excluding hydrogens is 360 g/mol. The Morgan fingerprint density at radius 2 is 1.88 bits per heavy atom. The number of sulfonamides is 1. The highest BCUT2D eigenvalue weighted by Crippen LogP contribution is 2.29. The van der Waals surface area contributed by atoms with Crippen LogP contribution in [0.5, 0.6) is 5.75 Å². The SMILES string of the molecule is CCOc1ccc(N(C)S(=O)(=O)c2ccsc2C(=O)NC(C)C)cc1. The molecule has 1 heterocycles. The van der Waals surface area contributed by atoms with Crippen LogP contribution in [0.4, 0.5) is 5.69 Å². The minimum atomic E-state index is -3.84. The number of benzene rings is 1. The molecule has 0 aliphatic carbocycles. The Morgan fingerprint density at radius 1 is 1.24 bits per heavy atom. The average molecular weight is 383 g/mol. The van der Waals surface area contributed by atoms with Crippen molar-refractivity contribution >= 4 is 33.0 Å². The fourth-order valence-corrected chi connectivity index (χ4v) is 4.70. The van der Waals surface area contributed by atoms with E-state index in [9.17, 15) is 13.2 Å². The Balaban J connectivity index is 2.32. The summed E-state index contributed by atoms with van der Waals surface area (Å²) in [4.78, 5) is 12.5. The van der Waals surface area contributed by atoms with Gasteiger partial charge in [-0.2, -0.15) is 0 Å². The molecule has 1 aromatic heterocycles. The van der Waals surface area contributed by atoms with E-state index in [0.29, 0.717) is 18.0 Å². The molecule has 0 unspecified atom stereocenters. The quantitative estimate of drug-likeness (QED) is 0.798. The van der Waals surface area contributed by atoms with Crippen molar-refractivity contribution in [1.29, 1.82) is 0 Å². The average Bonchev–Trinajstić information content (AvgIpc) is 3.05. The zero-order valence-corrected chi connectivity index (χ0v) is 16.3. The van der Waals surface area contributed by atoms with Crippen LogP contribution in [-0.2, 0) is 10.0 Å². The summed E-state index contributed by atoms with van der Waals surface area (Å²) in [6.07, 6.45) is 0. The number of amides is 1. The van der Waals surface area contributed by atoms with Gasteiger partial charge in [-0.25, -0.2) is 8.42 Å². The van der Waals surface area contributed by atoms with Crippen molar-refractivity contribution < 1.29 is 17.9 Å². The number of hydrogen-bond donors (Lipinski definition) is 1. The molecule has 136 valence electrons. The molecule has 0 bridgehead atoms. The van der Waals surface area contributed by atoms with Crippen molar-refractivity contribution in [2.24, 2.45) is 0 Å². The third kappa shape index (κ3) is 4.32. The van der Waals surface area contributed by atoms with Crippen molar-refractivity contribution in [1.82, 2.24) is 5.32 Å². The lowest BCUT2D eigenvalue weighted by atomic mass is 10.3. The first kappa shape index (κ1) is 19.3. The van der Waals surface area contributed by atoms with E-state index in [0.717, 1.165) is 15.6 Å². The summed E-state index contributed by atoms with van der Waals surface area (Å²) < 4.78 is 32.4. The lowest BCUT2D eigenvalue weighted by Gasteiger charge is -2.20. The second-order valence-corrected chi connectivity index (χ2v) is 8.50. The van der Waals surface area contributed by atoms with Gasteiger partial charge in [0, 0.05) is 13.1 Å². The first-order valence-electron chi connectivity index (χ1n) is 7.87. The van der Waals surface area contributed by atoms with Crippen molar-refractivity contribution in [3.05, 3.63) is 40.6 Å². The van der Waals surface area contributed by atoms with Crippen molar-refractivity contribution in [2.75, 3.05) is 18.0 Å². The molecule has 25 heavy (non-hydrogen) atoms. The van der Waals surface area contributed by atoms with Gasteiger partial charge in [-0.3, -0.25) is 9.10 Å². The predicted octanol–water partition coefficient (Wildman–Crippen LogP) is 3.11. The topological polar surface area (TPSA) is 75.7 Å². The number of anilines is 1. The maximum atomic E-state index is 12.9. The number of ether oxygens (including phenoxy) is 1. The van der Waals surface area contributed by atoms with Gasteiger partial charge in [-0.05, 0) is 56.5 Å². The van der Waals surface area contributed by atoms with Crippen molar-refractivity contribution in [3.8, 4) is 5.75 Å². The highest BCUT2D eigenvalue weighted by molar-refractivity contribution is 7.93. The Morgan fingerprint density at radius 3 is 2.44 bits per heavy atom. The Hall–Kier alpha value is -2.06. The highest BCUT2D eigenvalue weighted by Gasteiger charge is 2.28. The van der Waals surface area contributed by atoms with Gasteiger partial charge in [-0.15, -0.1) is 11.3 Å². The molecule has 1 amide bonds. The van der Waals surface area contributed by atoms with Gasteiger partial charge < -0.3 is 10.1 Å². The number of rotatable bonds is 7. The number of hydrogen-bond acceptors (Lipinski definition) is 5. The molecule has 1 aromatic carbocycles. The second kappa shape index (κ2) is 7.88. The van der Waals surface area contributed by atoms with Crippen molar-refractivity contribution in [2.45, 2.75) is 31.7 Å². The van der Waals surface area contributed by atoms with E-state index in [2.05, 4.69) is 5.32 Å². The molecule has 0 radical (unpaired) electrons. The fourth-order valence-electron chi connectivity index (χ4n) is 2.20. The molecule has 0 aliphatic heterocycles. The molecule has 0 aliphatic rings. The maximum absolute atomic E-state index is 12.9. The summed E-state index contributed by atoms with van der Waals surface area (Å²) in [5.74, 6) is 0.285. The van der Waals surface area contributed by atoms with E-state index in [-0.39, 0.29) is 21.7 Å². The van der Waals surface area contributed by atoms with Crippen LogP contribution in [0.3, 0.4) is 0 Å². The van der Waals surface area contributed by atoms with Crippen LogP contribution >= 0.6 is 11.3 Å². The zero-order chi connectivity index (χ0) is 18.6. The molecule has 8 heteroatoms. The monoisotopic (exact) mass is 382 g/mol. The first-order valence-corrected chi connectivity index (χ1v) is 10.2. The lowest BCUT2D eigenvalue weighted by molar-refractivity contribution is 0.0944. The largest absolute Gasteiger partial charge is 0.494 e. The van der Waals surface area contributed by atoms with E-state index in [1.165, 1.54) is 13.1 Å². The summed E-state index contributed by atoms with van der Waals surface area (Å²) in [5.41, 5.74) is 0.491. The minimum absolute atomic E-state index is 0.00651. The third-order valence-electron chi connectivity index (χ3n) is 3.40. The summed E-state index contributed by atoms with van der Waals surface area (Å²) in [5, 5.41) is 4.34. The standard InChI is InChI=1S/C17H22N2O4S2/c1-5-23-14-8-6-13(7-9-14)19(4)25(21,22)15-10-11-24-16(15)17(20)18-12(2)3/h6-12H,5H2,1-4H3,(H,18,20). The van der Waals surface area contributed by atoms with Crippen LogP contribution < -0.4 is 14.4 Å². The normalized spacial score (nSPS) is 11.4. The molecule has 1 N–H and O–H groups in total. The number of nitrogens with one attached hydrogen (secondary N) is 1. The van der Waals surface area contributed by atoms with E-state index in [1.807, 2.05) is 20.8 Å². The second-order valence-electron chi connectivity index (χ2n) is 5.64. The van der Waals surface area contributed by atoms with Crippen LogP contribution in [-0.4, -0.2) is 34.0 Å². The van der Waals surface area contributed by atoms with Gasteiger partial charge in [0.25, 0.3) is 15.9 Å². The molecule has 0 saturated heterocycles.